The molecule has 4 nitrogen and oxygen atoms in total. The maximum atomic E-state index is 10.8. The van der Waals surface area contributed by atoms with Gasteiger partial charge in [0.1, 0.15) is 0 Å². The van der Waals surface area contributed by atoms with Gasteiger partial charge in [-0.1, -0.05) is 0 Å². The van der Waals surface area contributed by atoms with Crippen molar-refractivity contribution in [3.8, 4) is 0 Å². The zero-order valence-electron chi connectivity index (χ0n) is 8.98. The molecule has 0 radical (unpaired) electrons. The van der Waals surface area contributed by atoms with Crippen LogP contribution in [0.2, 0.25) is 0 Å². The number of aliphatic carboxylic acids is 1. The Hall–Kier alpha value is -1.32. The predicted octanol–water partition coefficient (Wildman–Crippen LogP) is 1.78. The Kier molecular flexibility index (Phi) is 2.93. The highest BCUT2D eigenvalue weighted by Crippen LogP contribution is 2.19. The number of nitrogens with zero attached hydrogens (tertiary/aromatic N) is 2. The van der Waals surface area contributed by atoms with Crippen LogP contribution in [0.15, 0.2) is 6.07 Å². The van der Waals surface area contributed by atoms with E-state index < -0.39 is 11.9 Å². The molecule has 0 aliphatic carbocycles. The third-order valence-corrected chi connectivity index (χ3v) is 2.54. The van der Waals surface area contributed by atoms with Gasteiger partial charge in [0.15, 0.2) is 0 Å². The molecule has 0 amide bonds. The summed E-state index contributed by atoms with van der Waals surface area (Å²) < 4.78 is 1.77. The number of carboxylic acid groups (broad SMARTS) is 1. The number of hydrogen-bond acceptors (Lipinski definition) is 2. The molecule has 0 aliphatic heterocycles. The van der Waals surface area contributed by atoms with Crippen molar-refractivity contribution in [2.75, 3.05) is 0 Å². The molecule has 4 heteroatoms. The van der Waals surface area contributed by atoms with Gasteiger partial charge in [0, 0.05) is 5.69 Å². The zero-order valence-corrected chi connectivity index (χ0v) is 8.98. The number of carbonyl (C=O) groups is 1. The average molecular weight is 196 g/mol. The van der Waals surface area contributed by atoms with Crippen molar-refractivity contribution in [3.63, 3.8) is 0 Å². The Morgan fingerprint density at radius 3 is 2.43 bits per heavy atom. The molecule has 2 atom stereocenters. The molecule has 1 N–H and O–H groups in total. The number of aryl methyl sites for hydroxylation is 2. The maximum absolute atomic E-state index is 10.8. The lowest BCUT2D eigenvalue weighted by molar-refractivity contribution is -0.142. The SMILES string of the molecule is Cc1cc(C)n([C@@H](C)[C@@H](C)C(=O)O)n1. The van der Waals surface area contributed by atoms with Crippen LogP contribution in [0.1, 0.15) is 31.3 Å². The fraction of sp³-hybridized carbons (Fsp3) is 0.600. The number of rotatable bonds is 3. The molecule has 78 valence electrons. The van der Waals surface area contributed by atoms with Crippen molar-refractivity contribution in [3.05, 3.63) is 17.5 Å². The standard InChI is InChI=1S/C10H16N2O2/c1-6-5-7(2)12(11-6)9(4)8(3)10(13)14/h5,8-9H,1-4H3,(H,13,14)/t8-,9+/m1/s1. The second-order valence-corrected chi connectivity index (χ2v) is 3.74. The highest BCUT2D eigenvalue weighted by Gasteiger charge is 2.22. The van der Waals surface area contributed by atoms with Crippen molar-refractivity contribution < 1.29 is 9.90 Å². The summed E-state index contributed by atoms with van der Waals surface area (Å²) in [5.74, 6) is -1.21. The van der Waals surface area contributed by atoms with E-state index in [1.807, 2.05) is 26.8 Å². The first-order valence-corrected chi connectivity index (χ1v) is 4.69. The van der Waals surface area contributed by atoms with Gasteiger partial charge in [-0.3, -0.25) is 9.48 Å². The van der Waals surface area contributed by atoms with Gasteiger partial charge < -0.3 is 5.11 Å². The van der Waals surface area contributed by atoms with E-state index in [0.29, 0.717) is 0 Å². The second kappa shape index (κ2) is 3.82. The molecule has 0 aliphatic rings. The minimum atomic E-state index is -0.787. The topological polar surface area (TPSA) is 55.1 Å². The fourth-order valence-electron chi connectivity index (χ4n) is 1.48. The minimum Gasteiger partial charge on any atom is -0.481 e. The van der Waals surface area contributed by atoms with Crippen LogP contribution in [0, 0.1) is 19.8 Å². The van der Waals surface area contributed by atoms with E-state index in [1.54, 1.807) is 11.6 Å². The molecule has 0 saturated heterocycles. The Labute approximate surface area is 83.5 Å². The smallest absolute Gasteiger partial charge is 0.308 e. The van der Waals surface area contributed by atoms with Crippen LogP contribution in [-0.4, -0.2) is 20.9 Å². The first kappa shape index (κ1) is 10.8. The Morgan fingerprint density at radius 1 is 1.50 bits per heavy atom. The van der Waals surface area contributed by atoms with Crippen LogP contribution in [0.4, 0.5) is 0 Å². The summed E-state index contributed by atoms with van der Waals surface area (Å²) in [4.78, 5) is 10.8. The van der Waals surface area contributed by atoms with Gasteiger partial charge in [0.05, 0.1) is 17.7 Å². The molecule has 0 fully saturated rings. The zero-order chi connectivity index (χ0) is 10.9. The third kappa shape index (κ3) is 1.95. The number of hydrogen-bond donors (Lipinski definition) is 1. The number of carboxylic acids is 1. The minimum absolute atomic E-state index is 0.110. The molecule has 0 saturated carbocycles. The van der Waals surface area contributed by atoms with E-state index in [2.05, 4.69) is 5.10 Å². The lowest BCUT2D eigenvalue weighted by Gasteiger charge is -2.18. The first-order valence-electron chi connectivity index (χ1n) is 4.69. The van der Waals surface area contributed by atoms with Crippen molar-refractivity contribution in [1.29, 1.82) is 0 Å². The third-order valence-electron chi connectivity index (χ3n) is 2.54. The van der Waals surface area contributed by atoms with Crippen LogP contribution in [0.3, 0.4) is 0 Å². The lowest BCUT2D eigenvalue weighted by Crippen LogP contribution is -2.23. The van der Waals surface area contributed by atoms with E-state index in [9.17, 15) is 4.79 Å². The molecule has 1 aromatic rings. The molecular formula is C10H16N2O2. The Balaban J connectivity index is 2.94. The number of aromatic nitrogens is 2. The van der Waals surface area contributed by atoms with Crippen molar-refractivity contribution >= 4 is 5.97 Å². The fourth-order valence-corrected chi connectivity index (χ4v) is 1.48. The molecule has 1 heterocycles. The van der Waals surface area contributed by atoms with E-state index >= 15 is 0 Å². The molecule has 0 spiro atoms. The largest absolute Gasteiger partial charge is 0.481 e. The Bertz CT molecular complexity index is 344. The summed E-state index contributed by atoms with van der Waals surface area (Å²) in [7, 11) is 0. The lowest BCUT2D eigenvalue weighted by atomic mass is 10.0. The van der Waals surface area contributed by atoms with Gasteiger partial charge >= 0.3 is 5.97 Å². The van der Waals surface area contributed by atoms with Crippen LogP contribution < -0.4 is 0 Å². The van der Waals surface area contributed by atoms with Crippen molar-refractivity contribution in [2.24, 2.45) is 5.92 Å². The van der Waals surface area contributed by atoms with E-state index in [-0.39, 0.29) is 6.04 Å². The first-order chi connectivity index (χ1) is 6.43. The normalized spacial score (nSPS) is 15.1. The second-order valence-electron chi connectivity index (χ2n) is 3.74. The maximum Gasteiger partial charge on any atom is 0.308 e. The summed E-state index contributed by atoms with van der Waals surface area (Å²) in [6.45, 7) is 7.41. The van der Waals surface area contributed by atoms with Crippen LogP contribution in [-0.2, 0) is 4.79 Å². The van der Waals surface area contributed by atoms with E-state index in [4.69, 9.17) is 5.11 Å². The molecule has 14 heavy (non-hydrogen) atoms. The molecule has 1 aromatic heterocycles. The Morgan fingerprint density at radius 2 is 2.07 bits per heavy atom. The van der Waals surface area contributed by atoms with Gasteiger partial charge in [-0.2, -0.15) is 5.10 Å². The summed E-state index contributed by atoms with van der Waals surface area (Å²) in [6, 6.07) is 1.84. The highest BCUT2D eigenvalue weighted by atomic mass is 16.4. The van der Waals surface area contributed by atoms with Gasteiger partial charge in [-0.05, 0) is 33.8 Å². The van der Waals surface area contributed by atoms with Gasteiger partial charge in [0.2, 0.25) is 0 Å². The predicted molar refractivity (Wildman–Crippen MR) is 53.2 cm³/mol. The van der Waals surface area contributed by atoms with Crippen molar-refractivity contribution in [2.45, 2.75) is 33.7 Å². The highest BCUT2D eigenvalue weighted by molar-refractivity contribution is 5.70. The summed E-state index contributed by atoms with van der Waals surface area (Å²) >= 11 is 0. The monoisotopic (exact) mass is 196 g/mol. The van der Waals surface area contributed by atoms with Crippen LogP contribution >= 0.6 is 0 Å². The van der Waals surface area contributed by atoms with Gasteiger partial charge in [0.25, 0.3) is 0 Å². The van der Waals surface area contributed by atoms with Gasteiger partial charge in [-0.15, -0.1) is 0 Å². The molecule has 0 bridgehead atoms. The van der Waals surface area contributed by atoms with E-state index in [0.717, 1.165) is 11.4 Å². The van der Waals surface area contributed by atoms with Crippen LogP contribution in [0.25, 0.3) is 0 Å². The average Bonchev–Trinajstić information content (AvgIpc) is 2.42. The van der Waals surface area contributed by atoms with Crippen molar-refractivity contribution in [1.82, 2.24) is 9.78 Å². The molecule has 0 aromatic carbocycles. The quantitative estimate of drug-likeness (QED) is 0.801. The molecule has 0 unspecified atom stereocenters. The van der Waals surface area contributed by atoms with Gasteiger partial charge in [-0.25, -0.2) is 0 Å². The summed E-state index contributed by atoms with van der Waals surface area (Å²) in [6.07, 6.45) is 0. The van der Waals surface area contributed by atoms with Crippen LogP contribution in [0.5, 0.6) is 0 Å². The molecule has 1 rings (SSSR count). The van der Waals surface area contributed by atoms with E-state index in [1.165, 1.54) is 0 Å². The molecular weight excluding hydrogens is 180 g/mol. The summed E-state index contributed by atoms with van der Waals surface area (Å²) in [5, 5.41) is 13.1. The summed E-state index contributed by atoms with van der Waals surface area (Å²) in [5.41, 5.74) is 1.93.